The second-order valence-corrected chi connectivity index (χ2v) is 6.18. The summed E-state index contributed by atoms with van der Waals surface area (Å²) >= 11 is 1.46. The molecule has 1 aliphatic rings. The SMILES string of the molecule is C=CCN(C(=O)N1CSC[C@H]1C(=O)O)C(C)(C)C. The number of carboxylic acids is 1. The topological polar surface area (TPSA) is 60.9 Å². The van der Waals surface area contributed by atoms with E-state index in [1.165, 1.54) is 16.7 Å². The third-order valence-electron chi connectivity index (χ3n) is 2.77. The number of carbonyl (C=O) groups is 2. The summed E-state index contributed by atoms with van der Waals surface area (Å²) in [4.78, 5) is 26.6. The Morgan fingerprint density at radius 3 is 2.61 bits per heavy atom. The zero-order valence-electron chi connectivity index (χ0n) is 11.0. The minimum atomic E-state index is -0.944. The molecule has 0 radical (unpaired) electrons. The van der Waals surface area contributed by atoms with Crippen LogP contribution in [0.1, 0.15) is 20.8 Å². The molecular weight excluding hydrogens is 252 g/mol. The molecule has 0 aromatic rings. The predicted molar refractivity (Wildman–Crippen MR) is 72.6 cm³/mol. The fraction of sp³-hybridized carbons (Fsp3) is 0.667. The number of carbonyl (C=O) groups excluding carboxylic acids is 1. The molecule has 0 aromatic carbocycles. The third-order valence-corrected chi connectivity index (χ3v) is 3.78. The minimum Gasteiger partial charge on any atom is -0.480 e. The van der Waals surface area contributed by atoms with Crippen LogP contribution in [-0.4, -0.2) is 56.7 Å². The number of aliphatic carboxylic acids is 1. The summed E-state index contributed by atoms with van der Waals surface area (Å²) in [5.74, 6) is -0.0621. The molecule has 5 nitrogen and oxygen atoms in total. The summed E-state index contributed by atoms with van der Waals surface area (Å²) in [7, 11) is 0. The molecule has 1 N–H and O–H groups in total. The molecule has 0 saturated carbocycles. The van der Waals surface area contributed by atoms with E-state index in [1.54, 1.807) is 11.0 Å². The van der Waals surface area contributed by atoms with Crippen molar-refractivity contribution in [1.82, 2.24) is 9.80 Å². The Kier molecular flexibility index (Phi) is 4.67. The van der Waals surface area contributed by atoms with E-state index in [4.69, 9.17) is 5.11 Å². The van der Waals surface area contributed by atoms with Crippen molar-refractivity contribution >= 4 is 23.8 Å². The molecule has 1 heterocycles. The molecule has 0 unspecified atom stereocenters. The van der Waals surface area contributed by atoms with Gasteiger partial charge >= 0.3 is 12.0 Å². The van der Waals surface area contributed by atoms with E-state index in [-0.39, 0.29) is 11.6 Å². The van der Waals surface area contributed by atoms with E-state index < -0.39 is 12.0 Å². The van der Waals surface area contributed by atoms with Gasteiger partial charge in [0.25, 0.3) is 0 Å². The third kappa shape index (κ3) is 3.19. The van der Waals surface area contributed by atoms with Gasteiger partial charge in [-0.05, 0) is 20.8 Å². The number of hydrogen-bond acceptors (Lipinski definition) is 3. The molecule has 0 aliphatic carbocycles. The molecule has 6 heteroatoms. The van der Waals surface area contributed by atoms with Crippen molar-refractivity contribution < 1.29 is 14.7 Å². The van der Waals surface area contributed by atoms with Gasteiger partial charge in [0.1, 0.15) is 6.04 Å². The summed E-state index contributed by atoms with van der Waals surface area (Å²) in [5, 5.41) is 9.10. The van der Waals surface area contributed by atoms with Crippen molar-refractivity contribution in [3.8, 4) is 0 Å². The van der Waals surface area contributed by atoms with E-state index in [1.807, 2.05) is 20.8 Å². The quantitative estimate of drug-likeness (QED) is 0.797. The molecule has 1 fully saturated rings. The van der Waals surface area contributed by atoms with E-state index in [9.17, 15) is 9.59 Å². The largest absolute Gasteiger partial charge is 0.480 e. The first-order valence-electron chi connectivity index (χ1n) is 5.78. The molecule has 0 aromatic heterocycles. The van der Waals surface area contributed by atoms with Crippen molar-refractivity contribution in [2.75, 3.05) is 18.2 Å². The fourth-order valence-corrected chi connectivity index (χ4v) is 2.90. The maximum Gasteiger partial charge on any atom is 0.327 e. The minimum absolute atomic E-state index is 0.236. The molecule has 1 aliphatic heterocycles. The van der Waals surface area contributed by atoms with Gasteiger partial charge in [-0.15, -0.1) is 18.3 Å². The van der Waals surface area contributed by atoms with Crippen LogP contribution in [0, 0.1) is 0 Å². The number of amides is 2. The highest BCUT2D eigenvalue weighted by Crippen LogP contribution is 2.25. The summed E-state index contributed by atoms with van der Waals surface area (Å²) < 4.78 is 0. The Labute approximate surface area is 112 Å². The Morgan fingerprint density at radius 1 is 1.56 bits per heavy atom. The fourth-order valence-electron chi connectivity index (χ4n) is 1.76. The average molecular weight is 272 g/mol. The van der Waals surface area contributed by atoms with Crippen LogP contribution >= 0.6 is 11.8 Å². The van der Waals surface area contributed by atoms with Gasteiger partial charge in [-0.3, -0.25) is 0 Å². The molecule has 2 amide bonds. The van der Waals surface area contributed by atoms with E-state index in [0.29, 0.717) is 18.2 Å². The van der Waals surface area contributed by atoms with Crippen LogP contribution in [0.5, 0.6) is 0 Å². The van der Waals surface area contributed by atoms with Crippen molar-refractivity contribution in [3.05, 3.63) is 12.7 Å². The van der Waals surface area contributed by atoms with Gasteiger partial charge in [0, 0.05) is 17.8 Å². The normalized spacial score (nSPS) is 19.7. The van der Waals surface area contributed by atoms with Crippen molar-refractivity contribution in [2.24, 2.45) is 0 Å². The Balaban J connectivity index is 2.89. The van der Waals surface area contributed by atoms with Gasteiger partial charge in [0.2, 0.25) is 0 Å². The van der Waals surface area contributed by atoms with Gasteiger partial charge in [-0.2, -0.15) is 0 Å². The van der Waals surface area contributed by atoms with Crippen LogP contribution in [0.15, 0.2) is 12.7 Å². The first-order valence-corrected chi connectivity index (χ1v) is 6.94. The highest BCUT2D eigenvalue weighted by atomic mass is 32.2. The highest BCUT2D eigenvalue weighted by molar-refractivity contribution is 7.99. The average Bonchev–Trinajstić information content (AvgIpc) is 2.72. The number of carboxylic acid groups (broad SMARTS) is 1. The zero-order chi connectivity index (χ0) is 13.9. The molecular formula is C12H20N2O3S. The molecule has 1 atom stereocenters. The maximum absolute atomic E-state index is 12.4. The Bertz CT molecular complexity index is 352. The van der Waals surface area contributed by atoms with E-state index >= 15 is 0 Å². The molecule has 18 heavy (non-hydrogen) atoms. The van der Waals surface area contributed by atoms with E-state index in [2.05, 4.69) is 6.58 Å². The summed E-state index contributed by atoms with van der Waals surface area (Å²) in [5.41, 5.74) is -0.360. The van der Waals surface area contributed by atoms with Crippen LogP contribution < -0.4 is 0 Å². The van der Waals surface area contributed by atoms with Crippen molar-refractivity contribution in [2.45, 2.75) is 32.4 Å². The Hall–Kier alpha value is -1.17. The van der Waals surface area contributed by atoms with Crippen molar-refractivity contribution in [3.63, 3.8) is 0 Å². The van der Waals surface area contributed by atoms with Crippen LogP contribution in [0.2, 0.25) is 0 Å². The van der Waals surface area contributed by atoms with Gasteiger partial charge in [-0.1, -0.05) is 6.08 Å². The number of hydrogen-bond donors (Lipinski definition) is 1. The van der Waals surface area contributed by atoms with Gasteiger partial charge < -0.3 is 14.9 Å². The predicted octanol–water partition coefficient (Wildman–Crippen LogP) is 1.85. The van der Waals surface area contributed by atoms with Crippen LogP contribution in [0.3, 0.4) is 0 Å². The summed E-state index contributed by atoms with van der Waals surface area (Å²) in [6.45, 7) is 9.83. The number of nitrogens with zero attached hydrogens (tertiary/aromatic N) is 2. The first kappa shape index (κ1) is 14.9. The lowest BCUT2D eigenvalue weighted by atomic mass is 10.1. The maximum atomic E-state index is 12.4. The van der Waals surface area contributed by atoms with Crippen LogP contribution in [0.4, 0.5) is 4.79 Å². The molecule has 0 spiro atoms. The Morgan fingerprint density at radius 2 is 2.17 bits per heavy atom. The first-order chi connectivity index (χ1) is 8.29. The van der Waals surface area contributed by atoms with Gasteiger partial charge in [0.05, 0.1) is 5.88 Å². The van der Waals surface area contributed by atoms with Gasteiger partial charge in [-0.25, -0.2) is 9.59 Å². The molecule has 102 valence electrons. The monoisotopic (exact) mass is 272 g/mol. The second-order valence-electron chi connectivity index (χ2n) is 5.18. The zero-order valence-corrected chi connectivity index (χ0v) is 11.9. The highest BCUT2D eigenvalue weighted by Gasteiger charge is 2.39. The van der Waals surface area contributed by atoms with Crippen LogP contribution in [0.25, 0.3) is 0 Å². The number of urea groups is 1. The molecule has 1 rings (SSSR count). The van der Waals surface area contributed by atoms with E-state index in [0.717, 1.165) is 0 Å². The smallest absolute Gasteiger partial charge is 0.327 e. The lowest BCUT2D eigenvalue weighted by Gasteiger charge is -2.38. The molecule has 1 saturated heterocycles. The van der Waals surface area contributed by atoms with Crippen molar-refractivity contribution in [1.29, 1.82) is 0 Å². The van der Waals surface area contributed by atoms with Gasteiger partial charge in [0.15, 0.2) is 0 Å². The summed E-state index contributed by atoms with van der Waals surface area (Å²) in [6.07, 6.45) is 1.65. The lowest BCUT2D eigenvalue weighted by molar-refractivity contribution is -0.141. The second kappa shape index (κ2) is 5.65. The summed E-state index contributed by atoms with van der Waals surface area (Å²) in [6, 6.07) is -0.961. The number of rotatable bonds is 3. The molecule has 0 bridgehead atoms. The number of thioether (sulfide) groups is 1. The van der Waals surface area contributed by atoms with Crippen LogP contribution in [-0.2, 0) is 4.79 Å². The lowest BCUT2D eigenvalue weighted by Crippen LogP contribution is -2.54. The standard InChI is InChI=1S/C12H20N2O3S/c1-5-6-14(12(2,3)4)11(17)13-8-18-7-9(13)10(15)16/h5,9H,1,6-8H2,2-4H3,(H,15,16)/t9-/m0/s1.